The highest BCUT2D eigenvalue weighted by Crippen LogP contribution is 2.37. The Hall–Kier alpha value is -3.41. The number of amides is 1. The molecule has 0 aliphatic carbocycles. The van der Waals surface area contributed by atoms with E-state index in [0.717, 1.165) is 16.4 Å². The van der Waals surface area contributed by atoms with E-state index in [2.05, 4.69) is 21.0 Å². The minimum absolute atomic E-state index is 0.111. The lowest BCUT2D eigenvalue weighted by atomic mass is 9.82. The Morgan fingerprint density at radius 1 is 1.15 bits per heavy atom. The average molecular weight is 632 g/mol. The van der Waals surface area contributed by atoms with Crippen molar-refractivity contribution in [3.05, 3.63) is 98.0 Å². The Kier molecular flexibility index (Phi) is 8.94. The van der Waals surface area contributed by atoms with E-state index in [1.54, 1.807) is 80.6 Å². The summed E-state index contributed by atoms with van der Waals surface area (Å²) < 4.78 is 7.57. The summed E-state index contributed by atoms with van der Waals surface area (Å²) in [6.07, 6.45) is 0. The Morgan fingerprint density at radius 3 is 2.46 bits per heavy atom. The van der Waals surface area contributed by atoms with Gasteiger partial charge < -0.3 is 4.74 Å². The van der Waals surface area contributed by atoms with Gasteiger partial charge in [0.1, 0.15) is 16.9 Å². The third kappa shape index (κ3) is 6.43. The van der Waals surface area contributed by atoms with Crippen molar-refractivity contribution in [2.45, 2.75) is 18.7 Å². The fourth-order valence-corrected chi connectivity index (χ4v) is 5.43. The molecule has 39 heavy (non-hydrogen) atoms. The summed E-state index contributed by atoms with van der Waals surface area (Å²) in [7, 11) is 0. The van der Waals surface area contributed by atoms with E-state index in [1.807, 2.05) is 0 Å². The molecule has 1 unspecified atom stereocenters. The molecule has 0 bridgehead atoms. The van der Waals surface area contributed by atoms with Crippen LogP contribution in [0, 0.1) is 15.5 Å². The van der Waals surface area contributed by atoms with E-state index in [9.17, 15) is 19.7 Å². The zero-order valence-corrected chi connectivity index (χ0v) is 24.2. The summed E-state index contributed by atoms with van der Waals surface area (Å²) in [4.78, 5) is 38.2. The molecule has 1 amide bonds. The zero-order valence-electron chi connectivity index (χ0n) is 21.0. The largest absolute Gasteiger partial charge is 0.465 e. The Balaban J connectivity index is 1.67. The number of nitrogens with zero attached hydrogens (tertiary/aromatic N) is 4. The lowest BCUT2D eigenvalue weighted by Crippen LogP contribution is -2.42. The summed E-state index contributed by atoms with van der Waals surface area (Å²) in [5, 5.41) is 18.3. The third-order valence-electron chi connectivity index (χ3n) is 5.96. The number of carbonyl (C=O) groups excluding carboxylic acids is 2. The van der Waals surface area contributed by atoms with E-state index in [4.69, 9.17) is 16.3 Å². The van der Waals surface area contributed by atoms with Crippen LogP contribution >= 0.6 is 39.5 Å². The van der Waals surface area contributed by atoms with Crippen molar-refractivity contribution in [3.63, 3.8) is 0 Å². The number of hydrazone groups is 1. The van der Waals surface area contributed by atoms with Crippen LogP contribution in [-0.4, -0.2) is 47.2 Å². The van der Waals surface area contributed by atoms with Crippen LogP contribution in [0.4, 0.5) is 11.4 Å². The molecule has 1 aliphatic heterocycles. The SMILES string of the molecule is CCOC(=O)C1(C)CN(CC(=O)N(Sc2ccccc2[N+](=O)[O-])c2ccc(Br)cc2)N=C1c1ccc(Cl)cc1. The molecule has 202 valence electrons. The number of benzene rings is 3. The van der Waals surface area contributed by atoms with Crippen LogP contribution in [-0.2, 0) is 14.3 Å². The maximum absolute atomic E-state index is 13.7. The Labute approximate surface area is 243 Å². The first kappa shape index (κ1) is 28.6. The highest BCUT2D eigenvalue weighted by molar-refractivity contribution is 9.10. The fraction of sp³-hybridized carbons (Fsp3) is 0.222. The minimum atomic E-state index is -1.13. The second-order valence-electron chi connectivity index (χ2n) is 8.81. The number of ether oxygens (including phenoxy) is 1. The van der Waals surface area contributed by atoms with Crippen LogP contribution in [0.2, 0.25) is 5.02 Å². The van der Waals surface area contributed by atoms with Gasteiger partial charge in [-0.25, -0.2) is 4.31 Å². The molecule has 1 heterocycles. The van der Waals surface area contributed by atoms with E-state index in [-0.39, 0.29) is 31.3 Å². The molecule has 0 spiro atoms. The van der Waals surface area contributed by atoms with Crippen LogP contribution < -0.4 is 4.31 Å². The summed E-state index contributed by atoms with van der Waals surface area (Å²) in [6, 6.07) is 20.2. The number of hydrogen-bond donors (Lipinski definition) is 0. The standard InChI is InChI=1S/C27H24BrClN4O5S/c1-3-38-26(35)27(2)17-31(30-25(27)18-8-12-20(29)13-9-18)16-24(34)32(21-14-10-19(28)11-15-21)39-23-7-5-4-6-22(23)33(36)37/h4-15H,3,16-17H2,1-2H3. The molecule has 0 aromatic heterocycles. The van der Waals surface area contributed by atoms with Gasteiger partial charge in [0.2, 0.25) is 0 Å². The van der Waals surface area contributed by atoms with Crippen LogP contribution in [0.3, 0.4) is 0 Å². The average Bonchev–Trinajstić information content (AvgIpc) is 3.25. The van der Waals surface area contributed by atoms with Crippen LogP contribution in [0.25, 0.3) is 0 Å². The topological polar surface area (TPSA) is 105 Å². The molecule has 0 N–H and O–H groups in total. The fourth-order valence-electron chi connectivity index (χ4n) is 4.08. The maximum Gasteiger partial charge on any atom is 0.319 e. The van der Waals surface area contributed by atoms with E-state index >= 15 is 0 Å². The lowest BCUT2D eigenvalue weighted by molar-refractivity contribution is -0.387. The zero-order chi connectivity index (χ0) is 28.2. The van der Waals surface area contributed by atoms with Crippen LogP contribution in [0.15, 0.2) is 87.3 Å². The summed E-state index contributed by atoms with van der Waals surface area (Å²) in [5.74, 6) is -0.833. The van der Waals surface area contributed by atoms with Gasteiger partial charge in [-0.2, -0.15) is 5.10 Å². The van der Waals surface area contributed by atoms with E-state index < -0.39 is 16.3 Å². The number of halogens is 2. The van der Waals surface area contributed by atoms with Gasteiger partial charge in [0.15, 0.2) is 0 Å². The number of carbonyl (C=O) groups is 2. The van der Waals surface area contributed by atoms with Gasteiger partial charge in [-0.1, -0.05) is 51.8 Å². The molecule has 0 radical (unpaired) electrons. The first-order valence-electron chi connectivity index (χ1n) is 11.9. The van der Waals surface area contributed by atoms with Gasteiger partial charge in [-0.3, -0.25) is 24.7 Å². The van der Waals surface area contributed by atoms with Gasteiger partial charge in [0.05, 0.1) is 29.5 Å². The predicted molar refractivity (Wildman–Crippen MR) is 155 cm³/mol. The highest BCUT2D eigenvalue weighted by Gasteiger charge is 2.47. The number of rotatable bonds is 9. The van der Waals surface area contributed by atoms with Crippen LogP contribution in [0.5, 0.6) is 0 Å². The van der Waals surface area contributed by atoms with Gasteiger partial charge >= 0.3 is 5.97 Å². The van der Waals surface area contributed by atoms with Crippen molar-refractivity contribution in [3.8, 4) is 0 Å². The molecule has 1 aliphatic rings. The Morgan fingerprint density at radius 2 is 1.82 bits per heavy atom. The number of para-hydroxylation sites is 1. The van der Waals surface area contributed by atoms with Crippen molar-refractivity contribution < 1.29 is 19.2 Å². The van der Waals surface area contributed by atoms with Crippen LogP contribution in [0.1, 0.15) is 19.4 Å². The third-order valence-corrected chi connectivity index (χ3v) is 7.88. The molecule has 4 rings (SSSR count). The van der Waals surface area contributed by atoms with Crippen molar-refractivity contribution >= 4 is 68.4 Å². The van der Waals surface area contributed by atoms with Gasteiger partial charge in [0, 0.05) is 27.5 Å². The number of hydrogen-bond acceptors (Lipinski definition) is 8. The lowest BCUT2D eigenvalue weighted by Gasteiger charge is -2.26. The molecule has 9 nitrogen and oxygen atoms in total. The molecule has 12 heteroatoms. The minimum Gasteiger partial charge on any atom is -0.465 e. The van der Waals surface area contributed by atoms with E-state index in [0.29, 0.717) is 26.9 Å². The Bertz CT molecular complexity index is 1420. The quantitative estimate of drug-likeness (QED) is 0.117. The number of nitro benzene ring substituents is 1. The molecule has 0 fully saturated rings. The molecule has 0 saturated carbocycles. The van der Waals surface area contributed by atoms with Gasteiger partial charge in [-0.05, 0) is 61.9 Å². The van der Waals surface area contributed by atoms with Gasteiger partial charge in [-0.15, -0.1) is 0 Å². The molecular formula is C27H24BrClN4O5S. The van der Waals surface area contributed by atoms with Gasteiger partial charge in [0.25, 0.3) is 11.6 Å². The molecule has 3 aromatic carbocycles. The predicted octanol–water partition coefficient (Wildman–Crippen LogP) is 6.34. The van der Waals surface area contributed by atoms with Crippen molar-refractivity contribution in [1.29, 1.82) is 0 Å². The number of anilines is 1. The van der Waals surface area contributed by atoms with Crippen molar-refractivity contribution in [2.24, 2.45) is 10.5 Å². The summed E-state index contributed by atoms with van der Waals surface area (Å²) in [5.41, 5.74) is 0.436. The summed E-state index contributed by atoms with van der Waals surface area (Å²) in [6.45, 7) is 3.59. The molecular weight excluding hydrogens is 608 g/mol. The van der Waals surface area contributed by atoms with Crippen molar-refractivity contribution in [1.82, 2.24) is 5.01 Å². The smallest absolute Gasteiger partial charge is 0.319 e. The second kappa shape index (κ2) is 12.2. The van der Waals surface area contributed by atoms with E-state index in [1.165, 1.54) is 15.4 Å². The summed E-state index contributed by atoms with van der Waals surface area (Å²) >= 11 is 10.4. The first-order valence-corrected chi connectivity index (χ1v) is 13.8. The first-order chi connectivity index (χ1) is 18.6. The normalized spacial score (nSPS) is 16.5. The molecule has 0 saturated heterocycles. The monoisotopic (exact) mass is 630 g/mol. The molecule has 3 aromatic rings. The van der Waals surface area contributed by atoms with Crippen molar-refractivity contribution in [2.75, 3.05) is 24.0 Å². The molecule has 1 atom stereocenters. The maximum atomic E-state index is 13.7. The number of esters is 1. The number of nitro groups is 1. The second-order valence-corrected chi connectivity index (χ2v) is 11.2. The highest BCUT2D eigenvalue weighted by atomic mass is 79.9.